The van der Waals surface area contributed by atoms with Crippen LogP contribution in [0.2, 0.25) is 0 Å². The van der Waals surface area contributed by atoms with Crippen LogP contribution in [-0.2, 0) is 0 Å². The van der Waals surface area contributed by atoms with E-state index in [1.807, 2.05) is 10.8 Å². The first kappa shape index (κ1) is 16.1. The number of fused-ring (bicyclic) bond motifs is 2. The van der Waals surface area contributed by atoms with E-state index in [1.54, 1.807) is 13.4 Å². The van der Waals surface area contributed by atoms with Crippen LogP contribution < -0.4 is 5.32 Å². The Morgan fingerprint density at radius 2 is 2.21 bits per heavy atom. The van der Waals surface area contributed by atoms with Crippen molar-refractivity contribution in [3.63, 3.8) is 0 Å². The highest BCUT2D eigenvalue weighted by molar-refractivity contribution is 7.98. The second-order valence-electron chi connectivity index (χ2n) is 6.60. The van der Waals surface area contributed by atoms with Crippen LogP contribution in [0.3, 0.4) is 0 Å². The van der Waals surface area contributed by atoms with Crippen LogP contribution in [0.4, 0.5) is 5.82 Å². The zero-order valence-electron chi connectivity index (χ0n) is 13.5. The first-order valence-electron chi connectivity index (χ1n) is 8.00. The number of rotatable bonds is 4. The molecule has 4 N–H and O–H groups in total. The van der Waals surface area contributed by atoms with Crippen molar-refractivity contribution in [2.75, 3.05) is 25.2 Å². The molecule has 0 aliphatic heterocycles. The Bertz CT molecular complexity index is 780. The summed E-state index contributed by atoms with van der Waals surface area (Å²) in [6.45, 7) is -0.119. The summed E-state index contributed by atoms with van der Waals surface area (Å²) in [6.07, 6.45) is 3.25. The van der Waals surface area contributed by atoms with Crippen LogP contribution in [0.25, 0.3) is 11.2 Å². The predicted molar refractivity (Wildman–Crippen MR) is 89.9 cm³/mol. The van der Waals surface area contributed by atoms with Crippen molar-refractivity contribution < 1.29 is 15.3 Å². The van der Waals surface area contributed by atoms with Gasteiger partial charge in [-0.25, -0.2) is 15.0 Å². The molecule has 2 aliphatic carbocycles. The lowest BCUT2D eigenvalue weighted by Crippen LogP contribution is -2.48. The third-order valence-corrected chi connectivity index (χ3v) is 6.32. The summed E-state index contributed by atoms with van der Waals surface area (Å²) in [5, 5.41) is 34.6. The molecule has 130 valence electrons. The van der Waals surface area contributed by atoms with E-state index in [1.165, 1.54) is 11.8 Å². The van der Waals surface area contributed by atoms with Gasteiger partial charge in [0.25, 0.3) is 0 Å². The summed E-state index contributed by atoms with van der Waals surface area (Å²) < 4.78 is 1.84. The van der Waals surface area contributed by atoms with Gasteiger partial charge < -0.3 is 25.2 Å². The van der Waals surface area contributed by atoms with Gasteiger partial charge in [-0.3, -0.25) is 0 Å². The summed E-state index contributed by atoms with van der Waals surface area (Å²) in [6, 6.07) is -0.347. The van der Waals surface area contributed by atoms with E-state index in [-0.39, 0.29) is 18.6 Å². The highest BCUT2D eigenvalue weighted by Crippen LogP contribution is 2.61. The first-order valence-corrected chi connectivity index (χ1v) is 9.23. The van der Waals surface area contributed by atoms with Crippen molar-refractivity contribution >= 4 is 28.7 Å². The fraction of sp³-hybridized carbons (Fsp3) is 0.667. The third kappa shape index (κ3) is 1.89. The lowest BCUT2D eigenvalue weighted by Gasteiger charge is -2.46. The third-order valence-electron chi connectivity index (χ3n) is 5.77. The van der Waals surface area contributed by atoms with Gasteiger partial charge in [0.15, 0.2) is 22.1 Å². The minimum absolute atomic E-state index is 0.00984. The number of nitrogens with zero attached hydrogens (tertiary/aromatic N) is 4. The topological polar surface area (TPSA) is 116 Å². The van der Waals surface area contributed by atoms with Crippen LogP contribution in [0.1, 0.15) is 18.9 Å². The van der Waals surface area contributed by atoms with E-state index in [2.05, 4.69) is 20.3 Å². The number of anilines is 1. The molecule has 0 saturated heterocycles. The number of aliphatic hydroxyl groups excluding tert-OH is 3. The number of nitrogens with one attached hydrogen (secondary N) is 1. The maximum atomic E-state index is 10.6. The molecule has 0 radical (unpaired) electrons. The number of thioether (sulfide) groups is 1. The van der Waals surface area contributed by atoms with E-state index in [4.69, 9.17) is 0 Å². The van der Waals surface area contributed by atoms with Crippen LogP contribution in [0.5, 0.6) is 0 Å². The van der Waals surface area contributed by atoms with E-state index < -0.39 is 17.6 Å². The molecule has 2 saturated carbocycles. The number of aliphatic hydroxyl groups is 3. The zero-order valence-corrected chi connectivity index (χ0v) is 14.4. The van der Waals surface area contributed by atoms with Crippen LogP contribution in [0.15, 0.2) is 11.5 Å². The molecule has 2 aromatic heterocycles. The molecule has 2 fully saturated rings. The molecule has 2 aliphatic rings. The molecular formula is C15H21N5O3S. The summed E-state index contributed by atoms with van der Waals surface area (Å²) in [5.41, 5.74) is 0.662. The zero-order chi connectivity index (χ0) is 17.1. The highest BCUT2D eigenvalue weighted by atomic mass is 32.2. The Labute approximate surface area is 143 Å². The quantitative estimate of drug-likeness (QED) is 0.458. The molecule has 5 atom stereocenters. The van der Waals surface area contributed by atoms with Gasteiger partial charge in [-0.05, 0) is 25.0 Å². The number of imidazole rings is 1. The van der Waals surface area contributed by atoms with E-state index in [0.717, 1.165) is 12.8 Å². The summed E-state index contributed by atoms with van der Waals surface area (Å²) >= 11 is 1.43. The van der Waals surface area contributed by atoms with Gasteiger partial charge in [-0.1, -0.05) is 11.8 Å². The molecule has 0 spiro atoms. The predicted octanol–water partition coefficient (Wildman–Crippen LogP) is 0.255. The van der Waals surface area contributed by atoms with Crippen LogP contribution in [0, 0.1) is 11.3 Å². The van der Waals surface area contributed by atoms with E-state index in [9.17, 15) is 15.3 Å². The van der Waals surface area contributed by atoms with Crippen LogP contribution >= 0.6 is 11.8 Å². The van der Waals surface area contributed by atoms with Crippen molar-refractivity contribution in [1.82, 2.24) is 19.5 Å². The second kappa shape index (κ2) is 5.55. The molecule has 4 rings (SSSR count). The average Bonchev–Trinajstić information content (AvgIpc) is 3.05. The molecule has 0 amide bonds. The fourth-order valence-corrected chi connectivity index (χ4v) is 4.71. The Morgan fingerprint density at radius 1 is 1.42 bits per heavy atom. The van der Waals surface area contributed by atoms with Crippen molar-refractivity contribution in [2.45, 2.75) is 36.2 Å². The maximum absolute atomic E-state index is 10.6. The number of hydrogen-bond acceptors (Lipinski definition) is 8. The molecule has 0 aromatic carbocycles. The Morgan fingerprint density at radius 3 is 2.75 bits per heavy atom. The molecule has 9 heteroatoms. The van der Waals surface area contributed by atoms with Gasteiger partial charge >= 0.3 is 0 Å². The van der Waals surface area contributed by atoms with Gasteiger partial charge in [0.1, 0.15) is 6.10 Å². The van der Waals surface area contributed by atoms with Gasteiger partial charge in [0, 0.05) is 12.5 Å². The summed E-state index contributed by atoms with van der Waals surface area (Å²) in [5.74, 6) is 0.647. The molecule has 0 unspecified atom stereocenters. The second-order valence-corrected chi connectivity index (χ2v) is 7.37. The lowest BCUT2D eigenvalue weighted by molar-refractivity contribution is -0.0989. The van der Waals surface area contributed by atoms with Crippen molar-refractivity contribution in [1.29, 1.82) is 0 Å². The van der Waals surface area contributed by atoms with Crippen molar-refractivity contribution in [3.8, 4) is 0 Å². The Hall–Kier alpha value is -1.42. The standard InChI is InChI=1S/C15H21N5O3S/c1-16-12-8-13(19-14(18-12)24-2)20(6-17-8)9-7-3-4-15(7,5-21)11(23)10(9)22/h6-7,9-11,21-23H,3-5H2,1-2H3,(H,16,18,19)/t7-,9-,10+,11+,15+/m1/s1. The van der Waals surface area contributed by atoms with Crippen molar-refractivity contribution in [2.24, 2.45) is 11.3 Å². The Kier molecular flexibility index (Phi) is 3.72. The summed E-state index contributed by atoms with van der Waals surface area (Å²) in [7, 11) is 1.78. The van der Waals surface area contributed by atoms with Crippen molar-refractivity contribution in [3.05, 3.63) is 6.33 Å². The first-order chi connectivity index (χ1) is 11.6. The molecule has 8 nitrogen and oxygen atoms in total. The van der Waals surface area contributed by atoms with Gasteiger partial charge in [0.05, 0.1) is 25.1 Å². The van der Waals surface area contributed by atoms with Gasteiger partial charge in [-0.15, -0.1) is 0 Å². The maximum Gasteiger partial charge on any atom is 0.191 e. The normalized spacial score (nSPS) is 35.0. The molecular weight excluding hydrogens is 330 g/mol. The molecule has 0 bridgehead atoms. The lowest BCUT2D eigenvalue weighted by atomic mass is 9.60. The largest absolute Gasteiger partial charge is 0.396 e. The van der Waals surface area contributed by atoms with E-state index in [0.29, 0.717) is 22.1 Å². The summed E-state index contributed by atoms with van der Waals surface area (Å²) in [4.78, 5) is 13.4. The minimum Gasteiger partial charge on any atom is -0.396 e. The van der Waals surface area contributed by atoms with Gasteiger partial charge in [0.2, 0.25) is 0 Å². The minimum atomic E-state index is -0.951. The Balaban J connectivity index is 1.85. The smallest absolute Gasteiger partial charge is 0.191 e. The number of aromatic nitrogens is 4. The molecule has 24 heavy (non-hydrogen) atoms. The highest BCUT2D eigenvalue weighted by Gasteiger charge is 2.64. The SMILES string of the molecule is CNc1nc(SC)nc2c1ncn2[C@H]1[C@H](O)[C@H](O)[C@]2(CO)CC[C@H]12. The average molecular weight is 351 g/mol. The van der Waals surface area contributed by atoms with E-state index >= 15 is 0 Å². The number of hydrogen-bond donors (Lipinski definition) is 4. The van der Waals surface area contributed by atoms with Gasteiger partial charge in [-0.2, -0.15) is 0 Å². The van der Waals surface area contributed by atoms with Crippen LogP contribution in [-0.4, -0.2) is 67.0 Å². The molecule has 2 heterocycles. The monoisotopic (exact) mass is 351 g/mol. The molecule has 2 aromatic rings. The fourth-order valence-electron chi connectivity index (χ4n) is 4.35.